The average molecular weight is 294 g/mol. The first kappa shape index (κ1) is 16.1. The molecule has 0 bridgehead atoms. The Morgan fingerprint density at radius 2 is 1.91 bits per heavy atom. The van der Waals surface area contributed by atoms with Crippen LogP contribution in [0.2, 0.25) is 0 Å². The number of nitrogens with one attached hydrogen (secondary N) is 1. The molecule has 0 aromatic heterocycles. The summed E-state index contributed by atoms with van der Waals surface area (Å²) in [6, 6.07) is 18.0. The predicted octanol–water partition coefficient (Wildman–Crippen LogP) is 3.82. The largest absolute Gasteiger partial charge is 0.494 e. The fourth-order valence-electron chi connectivity index (χ4n) is 2.16. The topological polar surface area (TPSA) is 45.0 Å². The molecule has 0 aliphatic heterocycles. The van der Waals surface area contributed by atoms with Gasteiger partial charge in [-0.25, -0.2) is 0 Å². The minimum Gasteiger partial charge on any atom is -0.494 e. The van der Waals surface area contributed by atoms with Crippen molar-refractivity contribution in [2.75, 3.05) is 13.2 Å². The van der Waals surface area contributed by atoms with E-state index in [1.807, 2.05) is 36.4 Å². The number of rotatable bonds is 8. The lowest BCUT2D eigenvalue weighted by atomic mass is 10.1. The molecule has 3 nitrogen and oxygen atoms in total. The molecule has 0 aliphatic rings. The van der Waals surface area contributed by atoms with Gasteiger partial charge in [0.1, 0.15) is 5.75 Å². The predicted molar refractivity (Wildman–Crippen MR) is 88.8 cm³/mol. The van der Waals surface area contributed by atoms with Crippen molar-refractivity contribution in [3.8, 4) is 11.8 Å². The Balaban J connectivity index is 1.56. The van der Waals surface area contributed by atoms with E-state index in [1.165, 1.54) is 5.56 Å². The van der Waals surface area contributed by atoms with Gasteiger partial charge in [0.15, 0.2) is 0 Å². The van der Waals surface area contributed by atoms with E-state index in [1.54, 1.807) is 0 Å². The van der Waals surface area contributed by atoms with Gasteiger partial charge in [0.25, 0.3) is 0 Å². The van der Waals surface area contributed by atoms with Crippen LogP contribution in [0.5, 0.6) is 5.75 Å². The molecular weight excluding hydrogens is 272 g/mol. The molecule has 2 rings (SSSR count). The lowest BCUT2D eigenvalue weighted by Gasteiger charge is -2.07. The van der Waals surface area contributed by atoms with Crippen molar-refractivity contribution in [1.82, 2.24) is 5.32 Å². The maximum atomic E-state index is 8.86. The SMILES string of the molecule is Cc1ccc(OCCCCNCc2cccc(C#N)c2)cc1. The lowest BCUT2D eigenvalue weighted by Crippen LogP contribution is -2.15. The first-order valence-corrected chi connectivity index (χ1v) is 7.67. The molecule has 0 saturated carbocycles. The minimum atomic E-state index is 0.714. The van der Waals surface area contributed by atoms with Crippen LogP contribution in [0.4, 0.5) is 0 Å². The highest BCUT2D eigenvalue weighted by molar-refractivity contribution is 5.32. The Morgan fingerprint density at radius 1 is 1.09 bits per heavy atom. The molecule has 114 valence electrons. The summed E-state index contributed by atoms with van der Waals surface area (Å²) in [5, 5.41) is 12.2. The van der Waals surface area contributed by atoms with Crippen molar-refractivity contribution >= 4 is 0 Å². The summed E-state index contributed by atoms with van der Waals surface area (Å²) in [5.74, 6) is 0.937. The molecule has 0 aliphatic carbocycles. The molecule has 2 aromatic rings. The summed E-state index contributed by atoms with van der Waals surface area (Å²) in [6.07, 6.45) is 2.10. The number of aryl methyl sites for hydroxylation is 1. The molecule has 0 unspecified atom stereocenters. The summed E-state index contributed by atoms with van der Waals surface area (Å²) in [6.45, 7) is 4.57. The van der Waals surface area contributed by atoms with Crippen molar-refractivity contribution in [3.05, 3.63) is 65.2 Å². The molecule has 0 fully saturated rings. The molecule has 0 radical (unpaired) electrons. The van der Waals surface area contributed by atoms with E-state index in [2.05, 4.69) is 30.4 Å². The van der Waals surface area contributed by atoms with Crippen LogP contribution in [0.15, 0.2) is 48.5 Å². The number of nitrogens with zero attached hydrogens (tertiary/aromatic N) is 1. The number of ether oxygens (including phenoxy) is 1. The molecular formula is C19H22N2O. The van der Waals surface area contributed by atoms with Gasteiger partial charge in [-0.05, 0) is 56.1 Å². The third kappa shape index (κ3) is 5.59. The van der Waals surface area contributed by atoms with Gasteiger partial charge in [-0.2, -0.15) is 5.26 Å². The van der Waals surface area contributed by atoms with Crippen LogP contribution in [0, 0.1) is 18.3 Å². The van der Waals surface area contributed by atoms with Crippen LogP contribution >= 0.6 is 0 Å². The Kier molecular flexibility index (Phi) is 6.47. The number of benzene rings is 2. The normalized spacial score (nSPS) is 10.2. The first-order valence-electron chi connectivity index (χ1n) is 7.67. The molecule has 0 atom stereocenters. The molecule has 0 heterocycles. The maximum absolute atomic E-state index is 8.86. The highest BCUT2D eigenvalue weighted by Gasteiger charge is 1.96. The Morgan fingerprint density at radius 3 is 2.68 bits per heavy atom. The molecule has 3 heteroatoms. The summed E-state index contributed by atoms with van der Waals surface area (Å²) in [5.41, 5.74) is 3.11. The fourth-order valence-corrected chi connectivity index (χ4v) is 2.16. The smallest absolute Gasteiger partial charge is 0.119 e. The van der Waals surface area contributed by atoms with Crippen LogP contribution in [0.3, 0.4) is 0 Å². The fraction of sp³-hybridized carbons (Fsp3) is 0.316. The van der Waals surface area contributed by atoms with Gasteiger partial charge in [0.05, 0.1) is 18.2 Å². The van der Waals surface area contributed by atoms with Crippen LogP contribution in [-0.2, 0) is 6.54 Å². The third-order valence-electron chi connectivity index (χ3n) is 3.42. The second kappa shape index (κ2) is 8.86. The lowest BCUT2D eigenvalue weighted by molar-refractivity contribution is 0.305. The van der Waals surface area contributed by atoms with Gasteiger partial charge in [-0.1, -0.05) is 29.8 Å². The monoisotopic (exact) mass is 294 g/mol. The molecule has 0 spiro atoms. The second-order valence-corrected chi connectivity index (χ2v) is 5.36. The van der Waals surface area contributed by atoms with Gasteiger partial charge in [-0.3, -0.25) is 0 Å². The van der Waals surface area contributed by atoms with Crippen LogP contribution in [0.25, 0.3) is 0 Å². The van der Waals surface area contributed by atoms with Crippen molar-refractivity contribution in [2.45, 2.75) is 26.3 Å². The molecule has 2 aromatic carbocycles. The van der Waals surface area contributed by atoms with E-state index in [-0.39, 0.29) is 0 Å². The average Bonchev–Trinajstić information content (AvgIpc) is 2.56. The van der Waals surface area contributed by atoms with Crippen LogP contribution in [0.1, 0.15) is 29.5 Å². The Labute approximate surface area is 132 Å². The Bertz CT molecular complexity index is 614. The van der Waals surface area contributed by atoms with Crippen molar-refractivity contribution in [1.29, 1.82) is 5.26 Å². The van der Waals surface area contributed by atoms with Crippen molar-refractivity contribution in [2.24, 2.45) is 0 Å². The Hall–Kier alpha value is -2.31. The van der Waals surface area contributed by atoms with E-state index >= 15 is 0 Å². The highest BCUT2D eigenvalue weighted by atomic mass is 16.5. The molecule has 0 amide bonds. The minimum absolute atomic E-state index is 0.714. The standard InChI is InChI=1S/C19H22N2O/c1-16-7-9-19(10-8-16)22-12-3-2-11-21-15-18-6-4-5-17(13-18)14-20/h4-10,13,21H,2-3,11-12,15H2,1H3. The highest BCUT2D eigenvalue weighted by Crippen LogP contribution is 2.11. The maximum Gasteiger partial charge on any atom is 0.119 e. The van der Waals surface area contributed by atoms with Crippen LogP contribution < -0.4 is 10.1 Å². The van der Waals surface area contributed by atoms with E-state index in [0.29, 0.717) is 5.56 Å². The van der Waals surface area contributed by atoms with E-state index < -0.39 is 0 Å². The summed E-state index contributed by atoms with van der Waals surface area (Å²) < 4.78 is 5.69. The molecule has 1 N–H and O–H groups in total. The number of unbranched alkanes of at least 4 members (excludes halogenated alkanes) is 1. The van der Waals surface area contributed by atoms with Gasteiger partial charge in [-0.15, -0.1) is 0 Å². The molecule has 22 heavy (non-hydrogen) atoms. The second-order valence-electron chi connectivity index (χ2n) is 5.36. The zero-order valence-electron chi connectivity index (χ0n) is 13.0. The summed E-state index contributed by atoms with van der Waals surface area (Å²) in [4.78, 5) is 0. The summed E-state index contributed by atoms with van der Waals surface area (Å²) >= 11 is 0. The van der Waals surface area contributed by atoms with Crippen LogP contribution in [-0.4, -0.2) is 13.2 Å². The van der Waals surface area contributed by atoms with Gasteiger partial charge in [0.2, 0.25) is 0 Å². The number of hydrogen-bond donors (Lipinski definition) is 1. The van der Waals surface area contributed by atoms with Crippen molar-refractivity contribution < 1.29 is 4.74 Å². The third-order valence-corrected chi connectivity index (χ3v) is 3.42. The first-order chi connectivity index (χ1) is 10.8. The van der Waals surface area contributed by atoms with E-state index in [0.717, 1.165) is 43.9 Å². The quantitative estimate of drug-likeness (QED) is 0.753. The van der Waals surface area contributed by atoms with E-state index in [4.69, 9.17) is 10.00 Å². The van der Waals surface area contributed by atoms with Gasteiger partial charge < -0.3 is 10.1 Å². The van der Waals surface area contributed by atoms with Crippen molar-refractivity contribution in [3.63, 3.8) is 0 Å². The zero-order valence-corrected chi connectivity index (χ0v) is 13.0. The number of nitriles is 1. The van der Waals surface area contributed by atoms with Gasteiger partial charge >= 0.3 is 0 Å². The van der Waals surface area contributed by atoms with E-state index in [9.17, 15) is 0 Å². The zero-order chi connectivity index (χ0) is 15.6. The van der Waals surface area contributed by atoms with Gasteiger partial charge in [0, 0.05) is 6.54 Å². The number of hydrogen-bond acceptors (Lipinski definition) is 3. The molecule has 0 saturated heterocycles. The summed E-state index contributed by atoms with van der Waals surface area (Å²) in [7, 11) is 0.